The molecule has 1 heterocycles. The molecule has 2 aromatic carbocycles. The Hall–Kier alpha value is -2.66. The molecule has 0 aliphatic rings. The van der Waals surface area contributed by atoms with Gasteiger partial charge in [-0.25, -0.2) is 0 Å². The number of hydrogen-bond donors (Lipinski definition) is 0. The van der Waals surface area contributed by atoms with Gasteiger partial charge in [-0.15, -0.1) is 11.3 Å². The number of ether oxygens (including phenoxy) is 1. The van der Waals surface area contributed by atoms with Gasteiger partial charge in [0, 0.05) is 21.9 Å². The number of nitro groups is 1. The molecular weight excluding hydrogens is 298 g/mol. The number of thiophene rings is 1. The Morgan fingerprint density at radius 2 is 1.91 bits per heavy atom. The van der Waals surface area contributed by atoms with Gasteiger partial charge in [0.2, 0.25) is 0 Å². The average Bonchev–Trinajstić information content (AvgIpc) is 3.08. The zero-order valence-corrected chi connectivity index (χ0v) is 12.6. The summed E-state index contributed by atoms with van der Waals surface area (Å²) >= 11 is 1.40. The molecule has 5 heteroatoms. The monoisotopic (exact) mass is 310 g/mol. The summed E-state index contributed by atoms with van der Waals surface area (Å²) in [5, 5.41) is 14.5. The Kier molecular flexibility index (Phi) is 3.89. The number of nitrogens with zero attached hydrogens (tertiary/aromatic N) is 1. The fourth-order valence-electron chi connectivity index (χ4n) is 2.32. The van der Waals surface area contributed by atoms with Gasteiger partial charge in [0.05, 0.1) is 17.6 Å². The fraction of sp³-hybridized carbons (Fsp3) is 0.0588. The second-order valence-electron chi connectivity index (χ2n) is 4.61. The highest BCUT2D eigenvalue weighted by atomic mass is 32.1. The Morgan fingerprint density at radius 1 is 1.14 bits per heavy atom. The third kappa shape index (κ3) is 2.58. The Bertz CT molecular complexity index is 798. The Balaban J connectivity index is 2.25. The van der Waals surface area contributed by atoms with Gasteiger partial charge in [0.15, 0.2) is 0 Å². The highest BCUT2D eigenvalue weighted by molar-refractivity contribution is 7.13. The first-order valence-electron chi connectivity index (χ1n) is 6.59. The van der Waals surface area contributed by atoms with Gasteiger partial charge in [0.1, 0.15) is 5.75 Å². The summed E-state index contributed by atoms with van der Waals surface area (Å²) in [5.74, 6) is 0.611. The van der Waals surface area contributed by atoms with Crippen molar-refractivity contribution in [3.8, 4) is 27.3 Å². The van der Waals surface area contributed by atoms with Crippen LogP contribution in [0.4, 0.5) is 5.69 Å². The van der Waals surface area contributed by atoms with Crippen LogP contribution in [-0.2, 0) is 0 Å². The van der Waals surface area contributed by atoms with Crippen molar-refractivity contribution >= 4 is 17.0 Å². The highest BCUT2D eigenvalue weighted by Crippen LogP contribution is 2.41. The molecule has 0 aliphatic heterocycles. The van der Waals surface area contributed by atoms with Crippen molar-refractivity contribution in [2.75, 3.05) is 7.11 Å². The molecule has 0 fully saturated rings. The highest BCUT2D eigenvalue weighted by Gasteiger charge is 2.21. The van der Waals surface area contributed by atoms with E-state index in [1.165, 1.54) is 11.3 Å². The van der Waals surface area contributed by atoms with Crippen LogP contribution in [0, 0.1) is 15.5 Å². The summed E-state index contributed by atoms with van der Waals surface area (Å²) in [6, 6.07) is 16.2. The summed E-state index contributed by atoms with van der Waals surface area (Å²) in [4.78, 5) is 12.0. The minimum absolute atomic E-state index is 0.0652. The number of rotatable bonds is 4. The van der Waals surface area contributed by atoms with Crippen molar-refractivity contribution in [1.29, 1.82) is 0 Å². The lowest BCUT2D eigenvalue weighted by atomic mass is 10.00. The summed E-state index contributed by atoms with van der Waals surface area (Å²) in [7, 11) is 1.57. The average molecular weight is 310 g/mol. The van der Waals surface area contributed by atoms with Crippen molar-refractivity contribution < 1.29 is 9.66 Å². The van der Waals surface area contributed by atoms with Crippen molar-refractivity contribution in [3.05, 3.63) is 70.1 Å². The third-order valence-corrected chi connectivity index (χ3v) is 4.17. The van der Waals surface area contributed by atoms with Gasteiger partial charge in [-0.05, 0) is 23.8 Å². The Morgan fingerprint density at radius 3 is 2.50 bits per heavy atom. The van der Waals surface area contributed by atoms with Gasteiger partial charge in [-0.2, -0.15) is 0 Å². The van der Waals surface area contributed by atoms with E-state index in [0.717, 1.165) is 10.4 Å². The second-order valence-corrected chi connectivity index (χ2v) is 5.49. The number of methoxy groups -OCH3 is 1. The van der Waals surface area contributed by atoms with Gasteiger partial charge >= 0.3 is 0 Å². The quantitative estimate of drug-likeness (QED) is 0.514. The molecule has 1 radical (unpaired) electrons. The van der Waals surface area contributed by atoms with Crippen LogP contribution in [0.5, 0.6) is 5.75 Å². The number of nitro benzene ring substituents is 1. The van der Waals surface area contributed by atoms with Crippen LogP contribution in [0.25, 0.3) is 21.6 Å². The topological polar surface area (TPSA) is 52.4 Å². The molecule has 4 nitrogen and oxygen atoms in total. The first-order chi connectivity index (χ1) is 10.7. The molecule has 0 unspecified atom stereocenters. The van der Waals surface area contributed by atoms with Crippen LogP contribution in [0.15, 0.2) is 54.6 Å². The molecule has 109 valence electrons. The minimum Gasteiger partial charge on any atom is -0.496 e. The molecule has 0 saturated carbocycles. The van der Waals surface area contributed by atoms with Crippen molar-refractivity contribution in [1.82, 2.24) is 0 Å². The maximum atomic E-state index is 11.5. The van der Waals surface area contributed by atoms with Gasteiger partial charge in [-0.1, -0.05) is 30.3 Å². The molecule has 3 aromatic rings. The molecule has 0 atom stereocenters. The van der Waals surface area contributed by atoms with E-state index in [0.29, 0.717) is 16.9 Å². The normalized spacial score (nSPS) is 10.4. The summed E-state index contributed by atoms with van der Waals surface area (Å²) in [6.45, 7) is 0. The van der Waals surface area contributed by atoms with Crippen LogP contribution >= 0.6 is 11.3 Å². The molecule has 0 saturated heterocycles. The van der Waals surface area contributed by atoms with Gasteiger partial charge in [-0.3, -0.25) is 10.1 Å². The largest absolute Gasteiger partial charge is 0.496 e. The van der Waals surface area contributed by atoms with Gasteiger partial charge < -0.3 is 4.74 Å². The second kappa shape index (κ2) is 5.99. The number of benzene rings is 2. The van der Waals surface area contributed by atoms with Gasteiger partial charge in [0.25, 0.3) is 5.69 Å². The first kappa shape index (κ1) is 14.3. The van der Waals surface area contributed by atoms with Crippen LogP contribution in [0.2, 0.25) is 0 Å². The van der Waals surface area contributed by atoms with E-state index < -0.39 is 0 Å². The van der Waals surface area contributed by atoms with E-state index in [1.54, 1.807) is 25.3 Å². The smallest absolute Gasteiger partial charge is 0.278 e. The molecule has 0 bridgehead atoms. The predicted octanol–water partition coefficient (Wildman–Crippen LogP) is 4.80. The van der Waals surface area contributed by atoms with E-state index in [2.05, 4.69) is 5.38 Å². The SMILES string of the molecule is COc1cc(-c2ccccc2)c([N+](=O)[O-])cc1-c1cc[c]s1. The fourth-order valence-corrected chi connectivity index (χ4v) is 2.98. The molecule has 0 aliphatic carbocycles. The zero-order valence-electron chi connectivity index (χ0n) is 11.8. The molecule has 22 heavy (non-hydrogen) atoms. The lowest BCUT2D eigenvalue weighted by molar-refractivity contribution is -0.384. The number of hydrogen-bond acceptors (Lipinski definition) is 4. The molecule has 3 rings (SSSR count). The van der Waals surface area contributed by atoms with E-state index in [1.807, 2.05) is 36.4 Å². The third-order valence-electron chi connectivity index (χ3n) is 3.34. The summed E-state index contributed by atoms with van der Waals surface area (Å²) < 4.78 is 5.44. The molecule has 0 N–H and O–H groups in total. The first-order valence-corrected chi connectivity index (χ1v) is 7.40. The molecule has 0 amide bonds. The molecule has 1 aromatic heterocycles. The van der Waals surface area contributed by atoms with E-state index >= 15 is 0 Å². The van der Waals surface area contributed by atoms with Crippen molar-refractivity contribution in [2.24, 2.45) is 0 Å². The Labute approximate surface area is 131 Å². The van der Waals surface area contributed by atoms with Crippen LogP contribution in [0.3, 0.4) is 0 Å². The lowest BCUT2D eigenvalue weighted by Crippen LogP contribution is -1.95. The van der Waals surface area contributed by atoms with Crippen LogP contribution in [-0.4, -0.2) is 12.0 Å². The minimum atomic E-state index is -0.359. The summed E-state index contributed by atoms with van der Waals surface area (Å²) in [5.41, 5.74) is 2.11. The van der Waals surface area contributed by atoms with Crippen molar-refractivity contribution in [2.45, 2.75) is 0 Å². The summed E-state index contributed by atoms with van der Waals surface area (Å²) in [6.07, 6.45) is 0. The lowest BCUT2D eigenvalue weighted by Gasteiger charge is -2.11. The zero-order chi connectivity index (χ0) is 15.5. The van der Waals surface area contributed by atoms with E-state index in [-0.39, 0.29) is 10.6 Å². The van der Waals surface area contributed by atoms with E-state index in [9.17, 15) is 10.1 Å². The maximum Gasteiger partial charge on any atom is 0.278 e. The van der Waals surface area contributed by atoms with E-state index in [4.69, 9.17) is 4.74 Å². The van der Waals surface area contributed by atoms with Crippen molar-refractivity contribution in [3.63, 3.8) is 0 Å². The molecule has 0 spiro atoms. The predicted molar refractivity (Wildman–Crippen MR) is 87.2 cm³/mol. The van der Waals surface area contributed by atoms with Crippen LogP contribution in [0.1, 0.15) is 0 Å². The standard InChI is InChI=1S/C17H12NO3S/c1-21-16-11-13(12-6-3-2-4-7-12)15(18(19)20)10-14(16)17-8-5-9-22-17/h2-8,10-11H,1H3. The molecular formula is C17H12NO3S. The maximum absolute atomic E-state index is 11.5. The van der Waals surface area contributed by atoms with Crippen LogP contribution < -0.4 is 4.74 Å².